The van der Waals surface area contributed by atoms with Crippen molar-refractivity contribution in [2.45, 2.75) is 58.3 Å². The van der Waals surface area contributed by atoms with Gasteiger partial charge in [-0.2, -0.15) is 0 Å². The number of aliphatic hydroxyl groups is 1. The molecule has 1 saturated heterocycles. The summed E-state index contributed by atoms with van der Waals surface area (Å²) in [6, 6.07) is 20.5. The molecule has 520 valence electrons. The Morgan fingerprint density at radius 3 is 1.04 bits per heavy atom. The summed E-state index contributed by atoms with van der Waals surface area (Å²) in [4.78, 5) is 88.7. The van der Waals surface area contributed by atoms with Gasteiger partial charge in [0.15, 0.2) is 86.3 Å². The molecule has 0 spiro atoms. The standard InChI is InChI=1S/C26H26N2O7.C25H21N3O6.C24H23NO7/c1-31-19-10-15-18(13-20(19)32-2)26(30)28(5-3-4-27-6-8-33-9-7-27)24-16-11-21-22(35-14-34-21)12-17(16)25(29)23(15)24;1-31-18-8-14-17(11-19(18)32-2)25(30)28(6-3-5-27-7-4-26-12-27)23-15-9-20-21(34-13-33-20)10-16(15)24(29)22(14)23;1-29-17-8-13-16(11-18(17)30-2)24(28)25(6-4-3-5-7-26)22-14-9-19-20(32-12-31-19)10-15(14)23(27)21(13)22/h10-13H,3-9,14H2,1-2H3;4,7-12H,3,5-6,13H2,1-2H3;8-11,26H,3-7,12H2,1-2H3. The van der Waals surface area contributed by atoms with Crippen LogP contribution in [0.5, 0.6) is 69.0 Å². The van der Waals surface area contributed by atoms with Gasteiger partial charge in [-0.3, -0.25) is 33.7 Å². The molecular weight excluding hydrogens is 1300 g/mol. The molecule has 3 aliphatic carbocycles. The number of rotatable bonds is 19. The van der Waals surface area contributed by atoms with Crippen molar-refractivity contribution in [3.8, 4) is 103 Å². The number of carbonyl (C=O) groups excluding carboxylic acids is 3. The topological polar surface area (TPSA) is 278 Å². The molecule has 1 fully saturated rings. The van der Waals surface area contributed by atoms with Crippen LogP contribution in [0.4, 0.5) is 0 Å². The molecule has 0 atom stereocenters. The van der Waals surface area contributed by atoms with E-state index in [2.05, 4.69) is 9.88 Å². The van der Waals surface area contributed by atoms with Crippen molar-refractivity contribution in [2.24, 2.45) is 0 Å². The number of aliphatic hydroxyl groups excluding tert-OH is 1. The van der Waals surface area contributed by atoms with Gasteiger partial charge >= 0.3 is 0 Å². The zero-order valence-corrected chi connectivity index (χ0v) is 56.3. The van der Waals surface area contributed by atoms with E-state index >= 15 is 0 Å². The highest BCUT2D eigenvalue weighted by molar-refractivity contribution is 6.29. The van der Waals surface area contributed by atoms with Gasteiger partial charge in [0.1, 0.15) is 0 Å². The molecule has 0 unspecified atom stereocenters. The van der Waals surface area contributed by atoms with Crippen molar-refractivity contribution in [1.82, 2.24) is 28.2 Å². The normalized spacial score (nSPS) is 14.4. The number of benzene rings is 6. The van der Waals surface area contributed by atoms with E-state index in [1.165, 1.54) is 42.7 Å². The van der Waals surface area contributed by atoms with E-state index in [0.717, 1.165) is 45.7 Å². The smallest absolute Gasteiger partial charge is 0.259 e. The van der Waals surface area contributed by atoms with Crippen LogP contribution in [0.3, 0.4) is 0 Å². The molecule has 26 heteroatoms. The number of ether oxygens (including phenoxy) is 13. The van der Waals surface area contributed by atoms with Crippen LogP contribution in [-0.2, 0) is 30.9 Å². The minimum absolute atomic E-state index is 0.0992. The average molecular weight is 1380 g/mol. The van der Waals surface area contributed by atoms with Crippen molar-refractivity contribution in [3.05, 3.63) is 156 Å². The van der Waals surface area contributed by atoms with Crippen molar-refractivity contribution >= 4 is 49.7 Å². The fourth-order valence-electron chi connectivity index (χ4n) is 14.5. The van der Waals surface area contributed by atoms with Crippen LogP contribution in [0.2, 0.25) is 0 Å². The maximum absolute atomic E-state index is 13.9. The summed E-state index contributed by atoms with van der Waals surface area (Å²) in [7, 11) is 9.13. The van der Waals surface area contributed by atoms with E-state index in [9.17, 15) is 28.8 Å². The number of methoxy groups -OCH3 is 6. The number of morpholine rings is 1. The van der Waals surface area contributed by atoms with E-state index in [-0.39, 0.29) is 61.0 Å². The van der Waals surface area contributed by atoms with Gasteiger partial charge in [0.05, 0.1) is 112 Å². The minimum atomic E-state index is -0.206. The fraction of sp³-hybridized carbons (Fsp3) is 0.320. The molecule has 4 aliphatic heterocycles. The molecule has 0 radical (unpaired) electrons. The summed E-state index contributed by atoms with van der Waals surface area (Å²) in [5.74, 6) is 5.44. The number of aryl methyl sites for hydroxylation is 1. The number of hydrogen-bond donors (Lipinski definition) is 1. The van der Waals surface area contributed by atoms with Crippen LogP contribution in [0.1, 0.15) is 79.9 Å². The van der Waals surface area contributed by atoms with Gasteiger partial charge in [-0.15, -0.1) is 0 Å². The quantitative estimate of drug-likeness (QED) is 0.0739. The number of imidazole rings is 1. The van der Waals surface area contributed by atoms with Gasteiger partial charge in [-0.25, -0.2) is 4.98 Å². The molecule has 7 aliphatic rings. The number of aromatic nitrogens is 5. The summed E-state index contributed by atoms with van der Waals surface area (Å²) < 4.78 is 78.3. The first-order valence-electron chi connectivity index (χ1n) is 33.1. The lowest BCUT2D eigenvalue weighted by molar-refractivity contribution is 0.0369. The highest BCUT2D eigenvalue weighted by Crippen LogP contribution is 2.51. The predicted molar refractivity (Wildman–Crippen MR) is 369 cm³/mol. The van der Waals surface area contributed by atoms with Gasteiger partial charge in [0.25, 0.3) is 16.7 Å². The number of carbonyl (C=O) groups is 3. The van der Waals surface area contributed by atoms with Crippen LogP contribution in [-0.4, -0.2) is 153 Å². The largest absolute Gasteiger partial charge is 0.493 e. The lowest BCUT2D eigenvalue weighted by Gasteiger charge is -2.26. The number of fused-ring (bicyclic) bond motifs is 18. The molecule has 1 N–H and O–H groups in total. The third kappa shape index (κ3) is 11.2. The summed E-state index contributed by atoms with van der Waals surface area (Å²) in [6.07, 6.45) is 8.90. The van der Waals surface area contributed by atoms with E-state index < -0.39 is 0 Å². The second-order valence-corrected chi connectivity index (χ2v) is 24.8. The summed E-state index contributed by atoms with van der Waals surface area (Å²) >= 11 is 0. The predicted octanol–water partition coefficient (Wildman–Crippen LogP) is 9.05. The SMILES string of the molecule is COc1cc2c3c(n(CCCCCO)c(=O)c2cc1OC)-c1cc2c(cc1C3=O)OCO2.COc1cc2c3c(n(CCCN4CCOCC4)c(=O)c2cc1OC)-c1cc2c(cc1C3=O)OCO2.COc1cc2c3c(n(CCCn4ccnc4)c(=O)c2cc1OC)-c1cc2c(cc1C3=O)OCO2. The maximum Gasteiger partial charge on any atom is 0.259 e. The van der Waals surface area contributed by atoms with Crippen molar-refractivity contribution in [1.29, 1.82) is 0 Å². The Morgan fingerprint density at radius 1 is 0.386 bits per heavy atom. The van der Waals surface area contributed by atoms with Crippen LogP contribution >= 0.6 is 0 Å². The Kier molecular flexibility index (Phi) is 17.6. The molecule has 4 aromatic heterocycles. The van der Waals surface area contributed by atoms with Crippen molar-refractivity contribution < 1.29 is 81.1 Å². The second-order valence-electron chi connectivity index (χ2n) is 24.8. The van der Waals surface area contributed by atoms with Crippen LogP contribution in [0, 0.1) is 0 Å². The first kappa shape index (κ1) is 65.6. The minimum Gasteiger partial charge on any atom is -0.493 e. The van der Waals surface area contributed by atoms with E-state index in [4.69, 9.17) is 66.7 Å². The lowest BCUT2D eigenvalue weighted by atomic mass is 10.0. The molecule has 10 aromatic rings. The fourth-order valence-corrected chi connectivity index (χ4v) is 14.5. The Labute approximate surface area is 576 Å². The monoisotopic (exact) mass is 1370 g/mol. The third-order valence-corrected chi connectivity index (χ3v) is 19.4. The molecule has 6 aromatic carbocycles. The molecule has 17 rings (SSSR count). The van der Waals surface area contributed by atoms with Gasteiger partial charge < -0.3 is 85.0 Å². The highest BCUT2D eigenvalue weighted by Gasteiger charge is 2.40. The van der Waals surface area contributed by atoms with Gasteiger partial charge in [0, 0.05) is 114 Å². The lowest BCUT2D eigenvalue weighted by Crippen LogP contribution is -2.37. The zero-order valence-electron chi connectivity index (χ0n) is 56.3. The second kappa shape index (κ2) is 27.1. The molecule has 0 bridgehead atoms. The molecule has 0 saturated carbocycles. The highest BCUT2D eigenvalue weighted by atomic mass is 16.7. The van der Waals surface area contributed by atoms with Crippen molar-refractivity contribution in [3.63, 3.8) is 0 Å². The first-order chi connectivity index (χ1) is 49.3. The number of hydrogen-bond acceptors (Lipinski definition) is 22. The summed E-state index contributed by atoms with van der Waals surface area (Å²) in [5, 5.41) is 11.9. The maximum atomic E-state index is 13.9. The van der Waals surface area contributed by atoms with Gasteiger partial charge in [-0.05, 0) is 105 Å². The molecule has 8 heterocycles. The molecule has 0 amide bonds. The van der Waals surface area contributed by atoms with Crippen LogP contribution in [0.25, 0.3) is 66.1 Å². The summed E-state index contributed by atoms with van der Waals surface area (Å²) in [6.45, 7) is 6.48. The van der Waals surface area contributed by atoms with Crippen molar-refractivity contribution in [2.75, 3.05) is 102 Å². The van der Waals surface area contributed by atoms with E-state index in [1.807, 2.05) is 16.8 Å². The first-order valence-corrected chi connectivity index (χ1v) is 33.1. The van der Waals surface area contributed by atoms with E-state index in [1.54, 1.807) is 93.0 Å². The number of ketones is 3. The zero-order chi connectivity index (χ0) is 69.9. The Morgan fingerprint density at radius 2 is 0.713 bits per heavy atom. The number of pyridine rings is 3. The Bertz CT molecular complexity index is 5260. The molecule has 101 heavy (non-hydrogen) atoms. The Balaban J connectivity index is 0.000000123. The Hall–Kier alpha value is -11.4. The third-order valence-electron chi connectivity index (χ3n) is 19.4. The van der Waals surface area contributed by atoms with Gasteiger partial charge in [-0.1, -0.05) is 0 Å². The summed E-state index contributed by atoms with van der Waals surface area (Å²) in [5.41, 5.74) is 6.14. The van der Waals surface area contributed by atoms with Gasteiger partial charge in [0.2, 0.25) is 20.4 Å². The average Bonchev–Trinajstić information content (AvgIpc) is 1.60. The molecular formula is C75H70N6O20. The number of nitrogens with zero attached hydrogens (tertiary/aromatic N) is 6. The van der Waals surface area contributed by atoms with Crippen LogP contribution in [0.15, 0.2) is 106 Å². The van der Waals surface area contributed by atoms with E-state index in [0.29, 0.717) is 214 Å². The molecule has 26 nitrogen and oxygen atoms in total. The number of unbranched alkanes of at least 4 members (excludes halogenated alkanes) is 2. The van der Waals surface area contributed by atoms with Crippen LogP contribution < -0.4 is 73.5 Å².